The Bertz CT molecular complexity index is 513. The summed E-state index contributed by atoms with van der Waals surface area (Å²) < 4.78 is 15.0. The van der Waals surface area contributed by atoms with Crippen molar-refractivity contribution in [3.05, 3.63) is 35.5 Å². The Hall–Kier alpha value is -1.82. The molecule has 0 radical (unpaired) electrons. The van der Waals surface area contributed by atoms with E-state index in [4.69, 9.17) is 17.3 Å². The molecule has 0 amide bonds. The van der Waals surface area contributed by atoms with Crippen LogP contribution in [0.1, 0.15) is 0 Å². The summed E-state index contributed by atoms with van der Waals surface area (Å²) in [5.74, 6) is -0.299. The minimum absolute atomic E-state index is 0.175. The van der Waals surface area contributed by atoms with Crippen molar-refractivity contribution in [2.45, 2.75) is 6.54 Å². The lowest BCUT2D eigenvalue weighted by Crippen LogP contribution is -2.12. The van der Waals surface area contributed by atoms with Crippen LogP contribution in [0.25, 0.3) is 0 Å². The second-order valence-corrected chi connectivity index (χ2v) is 3.88. The molecule has 0 aliphatic heterocycles. The van der Waals surface area contributed by atoms with Crippen LogP contribution in [0, 0.1) is 5.82 Å². The first-order valence-electron chi connectivity index (χ1n) is 4.98. The first kappa shape index (κ1) is 11.7. The molecule has 0 bridgehead atoms. The Kier molecular flexibility index (Phi) is 3.43. The normalized spacial score (nSPS) is 10.5. The van der Waals surface area contributed by atoms with Crippen molar-refractivity contribution in [2.75, 3.05) is 17.6 Å². The number of nitrogens with two attached hydrogens (primary N) is 1. The molecule has 17 heavy (non-hydrogen) atoms. The maximum atomic E-state index is 13.3. The van der Waals surface area contributed by atoms with Crippen molar-refractivity contribution in [2.24, 2.45) is 0 Å². The largest absolute Gasteiger partial charge is 0.396 e. The summed E-state index contributed by atoms with van der Waals surface area (Å²) in [6, 6.07) is 1.21. The molecule has 0 aliphatic carbocycles. The molecule has 0 saturated heterocycles. The van der Waals surface area contributed by atoms with E-state index in [9.17, 15) is 4.39 Å². The van der Waals surface area contributed by atoms with E-state index in [0.717, 1.165) is 0 Å². The summed E-state index contributed by atoms with van der Waals surface area (Å²) in [5.41, 5.74) is 6.11. The van der Waals surface area contributed by atoms with Crippen LogP contribution in [-0.2, 0) is 6.54 Å². The van der Waals surface area contributed by atoms with E-state index in [1.165, 1.54) is 12.3 Å². The van der Waals surface area contributed by atoms with Crippen molar-refractivity contribution in [3.8, 4) is 0 Å². The van der Waals surface area contributed by atoms with Gasteiger partial charge in [-0.3, -0.25) is 4.68 Å². The molecule has 5 nitrogen and oxygen atoms in total. The molecular weight excluding hydrogens is 245 g/mol. The lowest BCUT2D eigenvalue weighted by Gasteiger charge is -2.06. The van der Waals surface area contributed by atoms with Crippen LogP contribution in [-0.4, -0.2) is 21.3 Å². The number of rotatable bonds is 4. The second kappa shape index (κ2) is 5.01. The standard InChI is InChI=1S/C10H11ClFN5/c11-7-3-9(12)10(15-4-7)14-1-2-17-6-8(13)5-16-17/h3-6H,1-2,13H2,(H,14,15). The zero-order chi connectivity index (χ0) is 12.3. The third-order valence-corrected chi connectivity index (χ3v) is 2.30. The molecule has 2 aromatic rings. The zero-order valence-corrected chi connectivity index (χ0v) is 9.65. The van der Waals surface area contributed by atoms with Crippen LogP contribution in [0.3, 0.4) is 0 Å². The topological polar surface area (TPSA) is 68.8 Å². The maximum Gasteiger partial charge on any atom is 0.166 e. The van der Waals surface area contributed by atoms with Gasteiger partial charge in [0.15, 0.2) is 11.6 Å². The van der Waals surface area contributed by atoms with Gasteiger partial charge in [0.1, 0.15) is 0 Å². The van der Waals surface area contributed by atoms with Crippen molar-refractivity contribution >= 4 is 23.1 Å². The fourth-order valence-corrected chi connectivity index (χ4v) is 1.48. The molecule has 2 heterocycles. The van der Waals surface area contributed by atoms with Crippen LogP contribution in [0.4, 0.5) is 15.9 Å². The molecule has 0 atom stereocenters. The van der Waals surface area contributed by atoms with Crippen LogP contribution < -0.4 is 11.1 Å². The van der Waals surface area contributed by atoms with E-state index in [2.05, 4.69) is 15.4 Å². The van der Waals surface area contributed by atoms with Gasteiger partial charge in [0.2, 0.25) is 0 Å². The summed E-state index contributed by atoms with van der Waals surface area (Å²) in [5, 5.41) is 7.12. The highest BCUT2D eigenvalue weighted by Crippen LogP contribution is 2.15. The number of hydrogen-bond donors (Lipinski definition) is 2. The van der Waals surface area contributed by atoms with E-state index >= 15 is 0 Å². The van der Waals surface area contributed by atoms with Gasteiger partial charge >= 0.3 is 0 Å². The van der Waals surface area contributed by atoms with E-state index in [1.807, 2.05) is 0 Å². The van der Waals surface area contributed by atoms with Gasteiger partial charge in [-0.1, -0.05) is 11.6 Å². The van der Waals surface area contributed by atoms with Gasteiger partial charge in [0.05, 0.1) is 23.5 Å². The van der Waals surface area contributed by atoms with Gasteiger partial charge in [-0.2, -0.15) is 5.10 Å². The first-order valence-corrected chi connectivity index (χ1v) is 5.36. The van der Waals surface area contributed by atoms with E-state index in [1.54, 1.807) is 17.1 Å². The van der Waals surface area contributed by atoms with Gasteiger partial charge in [0.25, 0.3) is 0 Å². The number of aromatic nitrogens is 3. The Balaban J connectivity index is 1.90. The van der Waals surface area contributed by atoms with Gasteiger partial charge in [0, 0.05) is 18.9 Å². The Morgan fingerprint density at radius 1 is 1.47 bits per heavy atom. The number of halogens is 2. The first-order chi connectivity index (χ1) is 8.15. The van der Waals surface area contributed by atoms with Gasteiger partial charge in [-0.25, -0.2) is 9.37 Å². The summed E-state index contributed by atoms with van der Waals surface area (Å²) in [7, 11) is 0. The predicted molar refractivity (Wildman–Crippen MR) is 64.3 cm³/mol. The molecular formula is C10H11ClFN5. The fourth-order valence-electron chi connectivity index (χ4n) is 1.34. The van der Waals surface area contributed by atoms with Crippen LogP contribution >= 0.6 is 11.6 Å². The van der Waals surface area contributed by atoms with Gasteiger partial charge < -0.3 is 11.1 Å². The van der Waals surface area contributed by atoms with Crippen LogP contribution in [0.2, 0.25) is 5.02 Å². The number of hydrogen-bond acceptors (Lipinski definition) is 4. The van der Waals surface area contributed by atoms with E-state index in [0.29, 0.717) is 18.8 Å². The number of anilines is 2. The molecule has 0 aliphatic rings. The second-order valence-electron chi connectivity index (χ2n) is 3.45. The monoisotopic (exact) mass is 255 g/mol. The molecule has 7 heteroatoms. The van der Waals surface area contributed by atoms with Crippen molar-refractivity contribution in [1.29, 1.82) is 0 Å². The maximum absolute atomic E-state index is 13.3. The molecule has 2 rings (SSSR count). The fraction of sp³-hybridized carbons (Fsp3) is 0.200. The molecule has 2 aromatic heterocycles. The lowest BCUT2D eigenvalue weighted by atomic mass is 10.4. The van der Waals surface area contributed by atoms with Crippen molar-refractivity contribution in [1.82, 2.24) is 14.8 Å². The average molecular weight is 256 g/mol. The average Bonchev–Trinajstić information content (AvgIpc) is 2.68. The highest BCUT2D eigenvalue weighted by molar-refractivity contribution is 6.30. The van der Waals surface area contributed by atoms with E-state index < -0.39 is 5.82 Å². The lowest BCUT2D eigenvalue weighted by molar-refractivity contribution is 0.612. The Morgan fingerprint density at radius 3 is 2.94 bits per heavy atom. The van der Waals surface area contributed by atoms with Crippen LogP contribution in [0.15, 0.2) is 24.7 Å². The van der Waals surface area contributed by atoms with Gasteiger partial charge in [-0.15, -0.1) is 0 Å². The molecule has 0 saturated carbocycles. The Labute approximate surface area is 102 Å². The quantitative estimate of drug-likeness (QED) is 0.874. The third kappa shape index (κ3) is 3.07. The third-order valence-electron chi connectivity index (χ3n) is 2.09. The van der Waals surface area contributed by atoms with Crippen molar-refractivity contribution in [3.63, 3.8) is 0 Å². The summed E-state index contributed by atoms with van der Waals surface area (Å²) >= 11 is 5.59. The minimum atomic E-state index is -0.475. The predicted octanol–water partition coefficient (Wildman–Crippen LogP) is 1.76. The molecule has 0 aromatic carbocycles. The smallest absolute Gasteiger partial charge is 0.166 e. The molecule has 0 spiro atoms. The molecule has 90 valence electrons. The van der Waals surface area contributed by atoms with E-state index in [-0.39, 0.29) is 10.8 Å². The SMILES string of the molecule is Nc1cnn(CCNc2ncc(Cl)cc2F)c1. The summed E-state index contributed by atoms with van der Waals surface area (Å²) in [4.78, 5) is 3.84. The van der Waals surface area contributed by atoms with Crippen molar-refractivity contribution < 1.29 is 4.39 Å². The number of nitrogens with zero attached hydrogens (tertiary/aromatic N) is 3. The molecule has 0 fully saturated rings. The Morgan fingerprint density at radius 2 is 2.29 bits per heavy atom. The summed E-state index contributed by atoms with van der Waals surface area (Å²) in [6.07, 6.45) is 4.65. The van der Waals surface area contributed by atoms with Gasteiger partial charge in [-0.05, 0) is 6.07 Å². The number of nitrogens with one attached hydrogen (secondary N) is 1. The highest BCUT2D eigenvalue weighted by atomic mass is 35.5. The van der Waals surface area contributed by atoms with Crippen LogP contribution in [0.5, 0.6) is 0 Å². The highest BCUT2D eigenvalue weighted by Gasteiger charge is 2.03. The number of pyridine rings is 1. The number of nitrogen functional groups attached to an aromatic ring is 1. The minimum Gasteiger partial charge on any atom is -0.396 e. The zero-order valence-electron chi connectivity index (χ0n) is 8.90. The summed E-state index contributed by atoms with van der Waals surface area (Å²) in [6.45, 7) is 1.06. The molecule has 3 N–H and O–H groups in total. The molecule has 0 unspecified atom stereocenters.